The van der Waals surface area contributed by atoms with Crippen LogP contribution in [0.3, 0.4) is 0 Å². The minimum Gasteiger partial charge on any atom is -0.545 e. The van der Waals surface area contributed by atoms with Gasteiger partial charge in [-0.3, -0.25) is 14.6 Å². The summed E-state index contributed by atoms with van der Waals surface area (Å²) in [4.78, 5) is 47.9. The van der Waals surface area contributed by atoms with E-state index in [1.54, 1.807) is 41.3 Å². The molecule has 0 radical (unpaired) electrons. The van der Waals surface area contributed by atoms with E-state index in [-0.39, 0.29) is 23.7 Å². The number of Topliss-reactive ketones (excluding diaryl/α,β-unsaturated/α-hetero) is 1. The van der Waals surface area contributed by atoms with Crippen LogP contribution >= 0.6 is 0 Å². The second-order valence-electron chi connectivity index (χ2n) is 11.2. The van der Waals surface area contributed by atoms with Crippen molar-refractivity contribution in [3.05, 3.63) is 89.8 Å². The first kappa shape index (κ1) is 30.7. The lowest BCUT2D eigenvalue weighted by Crippen LogP contribution is -2.52. The van der Waals surface area contributed by atoms with Crippen LogP contribution in [-0.4, -0.2) is 64.4 Å². The summed E-state index contributed by atoms with van der Waals surface area (Å²) in [6, 6.07) is 12.8. The second-order valence-corrected chi connectivity index (χ2v) is 11.2. The number of ether oxygens (including phenoxy) is 3. The number of carbonyl (C=O) groups is 3. The molecule has 46 heavy (non-hydrogen) atoms. The van der Waals surface area contributed by atoms with Gasteiger partial charge in [0, 0.05) is 66.8 Å². The maximum absolute atomic E-state index is 13.8. The van der Waals surface area contributed by atoms with Crippen molar-refractivity contribution in [2.24, 2.45) is 0 Å². The molecular formula is C35H31FN3O7-. The van der Waals surface area contributed by atoms with Crippen LogP contribution < -0.4 is 19.3 Å². The second kappa shape index (κ2) is 12.6. The fourth-order valence-corrected chi connectivity index (χ4v) is 6.02. The molecule has 4 aromatic rings. The van der Waals surface area contributed by atoms with Crippen LogP contribution in [0.4, 0.5) is 4.39 Å². The van der Waals surface area contributed by atoms with Crippen molar-refractivity contribution in [1.82, 2.24) is 14.9 Å². The molecule has 6 rings (SSSR count). The van der Waals surface area contributed by atoms with Gasteiger partial charge in [0.25, 0.3) is 5.91 Å². The first-order valence-corrected chi connectivity index (χ1v) is 15.1. The molecule has 2 aliphatic heterocycles. The Balaban J connectivity index is 1.20. The van der Waals surface area contributed by atoms with E-state index in [9.17, 15) is 23.9 Å². The molecule has 10 nitrogen and oxygen atoms in total. The van der Waals surface area contributed by atoms with Crippen molar-refractivity contribution in [2.75, 3.05) is 26.3 Å². The zero-order valence-corrected chi connectivity index (χ0v) is 25.4. The summed E-state index contributed by atoms with van der Waals surface area (Å²) in [7, 11) is 0. The van der Waals surface area contributed by atoms with Crippen LogP contribution in [0.25, 0.3) is 22.3 Å². The fourth-order valence-electron chi connectivity index (χ4n) is 6.02. The molecule has 2 aliphatic rings. The van der Waals surface area contributed by atoms with Crippen molar-refractivity contribution < 1.29 is 38.1 Å². The van der Waals surface area contributed by atoms with Crippen molar-refractivity contribution >= 4 is 17.7 Å². The quantitative estimate of drug-likeness (QED) is 0.255. The number of carbonyl (C=O) groups excluding carboxylic acids is 3. The Hall–Kier alpha value is -5.32. The highest BCUT2D eigenvalue weighted by Gasteiger charge is 2.44. The molecule has 0 N–H and O–H groups in total. The number of nitrogens with zero attached hydrogens (tertiary/aromatic N) is 3. The van der Waals surface area contributed by atoms with Gasteiger partial charge in [-0.2, -0.15) is 4.39 Å². The standard InChI is InChI=1S/C35H32FN3O7/c1-3-44-29-15-23(16-30(45-4-2)32(29)22-6-8-31(36)38-20-22)33(41)39-11-9-35(10-12-39)17-27(40)26-14-21(5-7-28(26)46-35)24-13-25(34(42)43)19-37-18-24/h5-8,13-16,18-20H,3-4,9-12,17H2,1-2H3,(H,42,43)/p-1. The first-order valence-electron chi connectivity index (χ1n) is 15.1. The Labute approximate surface area is 264 Å². The minimum absolute atomic E-state index is 0.0533. The van der Waals surface area contributed by atoms with Gasteiger partial charge in [-0.05, 0) is 61.9 Å². The van der Waals surface area contributed by atoms with Gasteiger partial charge < -0.3 is 29.0 Å². The number of ketones is 1. The number of fused-ring (bicyclic) bond motifs is 1. The zero-order chi connectivity index (χ0) is 32.4. The number of benzene rings is 2. The monoisotopic (exact) mass is 624 g/mol. The zero-order valence-electron chi connectivity index (χ0n) is 25.4. The number of pyridine rings is 2. The molecule has 1 spiro atoms. The number of piperidine rings is 1. The summed E-state index contributed by atoms with van der Waals surface area (Å²) in [5.41, 5.74) is 2.38. The van der Waals surface area contributed by atoms with E-state index in [2.05, 4.69) is 9.97 Å². The van der Waals surface area contributed by atoms with Crippen LogP contribution in [0, 0.1) is 5.95 Å². The molecule has 0 saturated carbocycles. The van der Waals surface area contributed by atoms with Gasteiger partial charge in [-0.25, -0.2) is 4.98 Å². The largest absolute Gasteiger partial charge is 0.545 e. The highest BCUT2D eigenvalue weighted by atomic mass is 19.1. The van der Waals surface area contributed by atoms with Crippen LogP contribution in [0.1, 0.15) is 64.2 Å². The van der Waals surface area contributed by atoms with Crippen LogP contribution in [0.15, 0.2) is 67.1 Å². The molecule has 0 aliphatic carbocycles. The van der Waals surface area contributed by atoms with Gasteiger partial charge in [0.2, 0.25) is 5.95 Å². The van der Waals surface area contributed by atoms with Gasteiger partial charge in [0.1, 0.15) is 22.8 Å². The number of amides is 1. The topological polar surface area (TPSA) is 131 Å². The van der Waals surface area contributed by atoms with Crippen LogP contribution in [-0.2, 0) is 0 Å². The molecule has 1 fully saturated rings. The summed E-state index contributed by atoms with van der Waals surface area (Å²) in [6.45, 7) is 5.10. The lowest BCUT2D eigenvalue weighted by Gasteiger charge is -2.44. The summed E-state index contributed by atoms with van der Waals surface area (Å²) < 4.78 is 31.8. The average molecular weight is 625 g/mol. The Morgan fingerprint density at radius 3 is 2.24 bits per heavy atom. The number of aromatic nitrogens is 2. The van der Waals surface area contributed by atoms with Gasteiger partial charge in [-0.15, -0.1) is 0 Å². The maximum Gasteiger partial charge on any atom is 0.254 e. The van der Waals surface area contributed by atoms with E-state index < -0.39 is 17.5 Å². The Bertz CT molecular complexity index is 1790. The number of rotatable bonds is 8. The van der Waals surface area contributed by atoms with E-state index in [0.717, 1.165) is 0 Å². The minimum atomic E-state index is -1.33. The molecule has 0 atom stereocenters. The molecule has 4 heterocycles. The van der Waals surface area contributed by atoms with E-state index in [0.29, 0.717) is 89.8 Å². The summed E-state index contributed by atoms with van der Waals surface area (Å²) in [5, 5.41) is 11.3. The third-order valence-electron chi connectivity index (χ3n) is 8.29. The van der Waals surface area contributed by atoms with E-state index in [4.69, 9.17) is 14.2 Å². The predicted octanol–water partition coefficient (Wildman–Crippen LogP) is 4.75. The number of halogens is 1. The van der Waals surface area contributed by atoms with Gasteiger partial charge >= 0.3 is 0 Å². The molecule has 0 bridgehead atoms. The van der Waals surface area contributed by atoms with Crippen molar-refractivity contribution in [3.8, 4) is 39.5 Å². The number of aromatic carboxylic acids is 1. The lowest BCUT2D eigenvalue weighted by atomic mass is 9.82. The highest BCUT2D eigenvalue weighted by Crippen LogP contribution is 2.43. The predicted molar refractivity (Wildman–Crippen MR) is 163 cm³/mol. The number of likely N-dealkylation sites (tertiary alicyclic amines) is 1. The fraction of sp³-hybridized carbons (Fsp3) is 0.286. The SMILES string of the molecule is CCOc1cc(C(=O)N2CCC3(CC2)CC(=O)c2cc(-c4cncc(C(=O)[O-])c4)ccc2O3)cc(OCC)c1-c1ccc(F)nc1. The third-order valence-corrected chi connectivity index (χ3v) is 8.29. The van der Waals surface area contributed by atoms with Crippen molar-refractivity contribution in [3.63, 3.8) is 0 Å². The number of carboxylic acid groups (broad SMARTS) is 1. The molecule has 1 saturated heterocycles. The van der Waals surface area contributed by atoms with Crippen molar-refractivity contribution in [2.45, 2.75) is 38.7 Å². The van der Waals surface area contributed by atoms with E-state index >= 15 is 0 Å². The lowest BCUT2D eigenvalue weighted by molar-refractivity contribution is -0.255. The highest BCUT2D eigenvalue weighted by molar-refractivity contribution is 6.02. The average Bonchev–Trinajstić information content (AvgIpc) is 3.05. The molecule has 2 aromatic heterocycles. The molecule has 1 amide bonds. The van der Waals surface area contributed by atoms with Gasteiger partial charge in [0.15, 0.2) is 5.78 Å². The van der Waals surface area contributed by atoms with Crippen LogP contribution in [0.2, 0.25) is 0 Å². The Morgan fingerprint density at radius 1 is 0.913 bits per heavy atom. The van der Waals surface area contributed by atoms with E-state index in [1.807, 2.05) is 13.8 Å². The maximum atomic E-state index is 13.8. The molecule has 11 heteroatoms. The summed E-state index contributed by atoms with van der Waals surface area (Å²) in [5.74, 6) is -0.915. The Morgan fingerprint density at radius 2 is 1.61 bits per heavy atom. The molecule has 0 unspecified atom stereocenters. The molecular weight excluding hydrogens is 593 g/mol. The van der Waals surface area contributed by atoms with Gasteiger partial charge in [0.05, 0.1) is 36.7 Å². The number of hydrogen-bond donors (Lipinski definition) is 0. The van der Waals surface area contributed by atoms with Gasteiger partial charge in [-0.1, -0.05) is 6.07 Å². The summed E-state index contributed by atoms with van der Waals surface area (Å²) in [6.07, 6.45) is 5.21. The molecule has 2 aromatic carbocycles. The van der Waals surface area contributed by atoms with E-state index in [1.165, 1.54) is 30.7 Å². The number of carboxylic acids is 1. The third kappa shape index (κ3) is 6.00. The molecule has 236 valence electrons. The van der Waals surface area contributed by atoms with Crippen LogP contribution in [0.5, 0.6) is 17.2 Å². The smallest absolute Gasteiger partial charge is 0.254 e. The number of hydrogen-bond acceptors (Lipinski definition) is 9. The summed E-state index contributed by atoms with van der Waals surface area (Å²) >= 11 is 0. The first-order chi connectivity index (χ1) is 22.2. The van der Waals surface area contributed by atoms with Crippen molar-refractivity contribution in [1.29, 1.82) is 0 Å². The normalized spacial score (nSPS) is 15.2. The Kier molecular flexibility index (Phi) is 8.40.